The van der Waals surface area contributed by atoms with Gasteiger partial charge in [0.15, 0.2) is 11.5 Å². The van der Waals surface area contributed by atoms with Crippen LogP contribution in [0.15, 0.2) is 36.4 Å². The second-order valence-electron chi connectivity index (χ2n) is 6.30. The average molecular weight is 354 g/mol. The van der Waals surface area contributed by atoms with Crippen molar-refractivity contribution < 1.29 is 14.3 Å². The van der Waals surface area contributed by atoms with Gasteiger partial charge in [0.25, 0.3) is 0 Å². The fraction of sp³-hybridized carbons (Fsp3) is 0.381. The SMILES string of the molecule is CCc1cccc(CC)c1NCCC(=O)NCc1ccc2c(c1)OCO2. The molecular formula is C21H26N2O3. The number of anilines is 1. The summed E-state index contributed by atoms with van der Waals surface area (Å²) in [5, 5.41) is 6.41. The molecule has 5 nitrogen and oxygen atoms in total. The molecule has 2 aromatic carbocycles. The fourth-order valence-electron chi connectivity index (χ4n) is 3.11. The van der Waals surface area contributed by atoms with Crippen LogP contribution in [0, 0.1) is 0 Å². The van der Waals surface area contributed by atoms with Crippen LogP contribution in [0.1, 0.15) is 37.0 Å². The maximum absolute atomic E-state index is 12.1. The molecule has 138 valence electrons. The molecule has 0 fully saturated rings. The summed E-state index contributed by atoms with van der Waals surface area (Å²) in [4.78, 5) is 12.1. The van der Waals surface area contributed by atoms with Crippen LogP contribution in [0.2, 0.25) is 0 Å². The largest absolute Gasteiger partial charge is 0.454 e. The lowest BCUT2D eigenvalue weighted by atomic mass is 10.0. The second kappa shape index (κ2) is 8.61. The van der Waals surface area contributed by atoms with Crippen LogP contribution in [0.5, 0.6) is 11.5 Å². The molecule has 0 spiro atoms. The van der Waals surface area contributed by atoms with E-state index in [1.807, 2.05) is 18.2 Å². The lowest BCUT2D eigenvalue weighted by Gasteiger charge is -2.15. The lowest BCUT2D eigenvalue weighted by molar-refractivity contribution is -0.121. The molecule has 0 saturated heterocycles. The molecule has 1 amide bonds. The van der Waals surface area contributed by atoms with Gasteiger partial charge in [0.2, 0.25) is 12.7 Å². The van der Waals surface area contributed by atoms with Crippen molar-refractivity contribution in [1.82, 2.24) is 5.32 Å². The van der Waals surface area contributed by atoms with Crippen LogP contribution in [0.3, 0.4) is 0 Å². The van der Waals surface area contributed by atoms with Crippen LogP contribution >= 0.6 is 0 Å². The number of carbonyl (C=O) groups is 1. The number of aryl methyl sites for hydroxylation is 2. The summed E-state index contributed by atoms with van der Waals surface area (Å²) < 4.78 is 10.7. The first kappa shape index (κ1) is 18.1. The summed E-state index contributed by atoms with van der Waals surface area (Å²) in [7, 11) is 0. The predicted octanol–water partition coefficient (Wildman–Crippen LogP) is 3.66. The van der Waals surface area contributed by atoms with Crippen LogP contribution in [-0.4, -0.2) is 19.2 Å². The minimum absolute atomic E-state index is 0.0298. The number of amides is 1. The van der Waals surface area contributed by atoms with E-state index < -0.39 is 0 Å². The molecule has 1 aliphatic heterocycles. The van der Waals surface area contributed by atoms with Gasteiger partial charge < -0.3 is 20.1 Å². The Balaban J connectivity index is 1.48. The number of fused-ring (bicyclic) bond motifs is 1. The lowest BCUT2D eigenvalue weighted by Crippen LogP contribution is -2.25. The highest BCUT2D eigenvalue weighted by Crippen LogP contribution is 2.32. The summed E-state index contributed by atoms with van der Waals surface area (Å²) in [5.74, 6) is 1.52. The van der Waals surface area contributed by atoms with Gasteiger partial charge in [0.05, 0.1) is 0 Å². The molecule has 1 heterocycles. The van der Waals surface area contributed by atoms with Crippen molar-refractivity contribution in [2.75, 3.05) is 18.7 Å². The third-order valence-electron chi connectivity index (χ3n) is 4.58. The number of hydrogen-bond acceptors (Lipinski definition) is 4. The molecule has 0 unspecified atom stereocenters. The van der Waals surface area contributed by atoms with Crippen molar-refractivity contribution in [3.63, 3.8) is 0 Å². The third-order valence-corrected chi connectivity index (χ3v) is 4.58. The zero-order chi connectivity index (χ0) is 18.4. The zero-order valence-corrected chi connectivity index (χ0v) is 15.4. The highest BCUT2D eigenvalue weighted by Gasteiger charge is 2.13. The van der Waals surface area contributed by atoms with Crippen molar-refractivity contribution >= 4 is 11.6 Å². The van der Waals surface area contributed by atoms with Gasteiger partial charge in [-0.15, -0.1) is 0 Å². The average Bonchev–Trinajstić information content (AvgIpc) is 3.14. The topological polar surface area (TPSA) is 59.6 Å². The zero-order valence-electron chi connectivity index (χ0n) is 15.4. The number of hydrogen-bond donors (Lipinski definition) is 2. The molecule has 0 atom stereocenters. The van der Waals surface area contributed by atoms with E-state index in [0.717, 1.165) is 29.9 Å². The number of benzene rings is 2. The Bertz CT molecular complexity index is 752. The van der Waals surface area contributed by atoms with Crippen LogP contribution in [0.25, 0.3) is 0 Å². The van der Waals surface area contributed by atoms with E-state index >= 15 is 0 Å². The van der Waals surface area contributed by atoms with E-state index in [-0.39, 0.29) is 12.7 Å². The van der Waals surface area contributed by atoms with Crippen LogP contribution in [-0.2, 0) is 24.2 Å². The number of rotatable bonds is 8. The Morgan fingerprint density at radius 1 is 1.04 bits per heavy atom. The molecule has 0 aliphatic carbocycles. The van der Waals surface area contributed by atoms with Gasteiger partial charge in [0.1, 0.15) is 0 Å². The van der Waals surface area contributed by atoms with Gasteiger partial charge in [-0.05, 0) is 41.7 Å². The van der Waals surface area contributed by atoms with Crippen molar-refractivity contribution in [1.29, 1.82) is 0 Å². The highest BCUT2D eigenvalue weighted by molar-refractivity contribution is 5.76. The molecule has 0 radical (unpaired) electrons. The first-order chi connectivity index (χ1) is 12.7. The molecule has 0 saturated carbocycles. The Morgan fingerprint density at radius 2 is 1.77 bits per heavy atom. The Morgan fingerprint density at radius 3 is 2.50 bits per heavy atom. The van der Waals surface area contributed by atoms with E-state index in [9.17, 15) is 4.79 Å². The number of para-hydroxylation sites is 1. The predicted molar refractivity (Wildman–Crippen MR) is 103 cm³/mol. The molecular weight excluding hydrogens is 328 g/mol. The third kappa shape index (κ3) is 4.28. The smallest absolute Gasteiger partial charge is 0.231 e. The van der Waals surface area contributed by atoms with Gasteiger partial charge in [-0.2, -0.15) is 0 Å². The number of nitrogens with one attached hydrogen (secondary N) is 2. The second-order valence-corrected chi connectivity index (χ2v) is 6.30. The van der Waals surface area contributed by atoms with Gasteiger partial charge >= 0.3 is 0 Å². The highest BCUT2D eigenvalue weighted by atomic mass is 16.7. The Labute approximate surface area is 154 Å². The van der Waals surface area contributed by atoms with Gasteiger partial charge in [-0.25, -0.2) is 0 Å². The molecule has 26 heavy (non-hydrogen) atoms. The van der Waals surface area contributed by atoms with Crippen molar-refractivity contribution in [3.05, 3.63) is 53.1 Å². The molecule has 2 aromatic rings. The summed E-state index contributed by atoms with van der Waals surface area (Å²) in [6.07, 6.45) is 2.39. The molecule has 0 bridgehead atoms. The Hall–Kier alpha value is -2.69. The summed E-state index contributed by atoms with van der Waals surface area (Å²) in [5.41, 5.74) is 4.77. The maximum Gasteiger partial charge on any atom is 0.231 e. The molecule has 1 aliphatic rings. The summed E-state index contributed by atoms with van der Waals surface area (Å²) in [6, 6.07) is 12.1. The standard InChI is InChI=1S/C21H26N2O3/c1-3-16-6-5-7-17(4-2)21(16)22-11-10-20(24)23-13-15-8-9-18-19(12-15)26-14-25-18/h5-9,12,22H,3-4,10-11,13-14H2,1-2H3,(H,23,24). The summed E-state index contributed by atoms with van der Waals surface area (Å²) in [6.45, 7) is 5.67. The van der Waals surface area contributed by atoms with E-state index in [1.54, 1.807) is 0 Å². The number of carbonyl (C=O) groups excluding carboxylic acids is 1. The Kier molecular flexibility index (Phi) is 6.00. The quantitative estimate of drug-likeness (QED) is 0.760. The summed E-state index contributed by atoms with van der Waals surface area (Å²) >= 11 is 0. The van der Waals surface area contributed by atoms with Gasteiger partial charge in [-0.1, -0.05) is 38.1 Å². The first-order valence-electron chi connectivity index (χ1n) is 9.21. The molecule has 0 aromatic heterocycles. The van der Waals surface area contributed by atoms with E-state index in [1.165, 1.54) is 16.8 Å². The van der Waals surface area contributed by atoms with E-state index in [2.05, 4.69) is 42.7 Å². The molecule has 5 heteroatoms. The minimum atomic E-state index is 0.0298. The van der Waals surface area contributed by atoms with Gasteiger partial charge in [0, 0.05) is 25.2 Å². The van der Waals surface area contributed by atoms with Gasteiger partial charge in [-0.3, -0.25) is 4.79 Å². The van der Waals surface area contributed by atoms with E-state index in [4.69, 9.17) is 9.47 Å². The van der Waals surface area contributed by atoms with Crippen molar-refractivity contribution in [3.8, 4) is 11.5 Å². The monoisotopic (exact) mass is 354 g/mol. The normalized spacial score (nSPS) is 12.1. The maximum atomic E-state index is 12.1. The molecule has 3 rings (SSSR count). The van der Waals surface area contributed by atoms with Crippen molar-refractivity contribution in [2.24, 2.45) is 0 Å². The minimum Gasteiger partial charge on any atom is -0.454 e. The van der Waals surface area contributed by atoms with Crippen molar-refractivity contribution in [2.45, 2.75) is 39.7 Å². The first-order valence-corrected chi connectivity index (χ1v) is 9.21. The molecule has 2 N–H and O–H groups in total. The van der Waals surface area contributed by atoms with Crippen LogP contribution < -0.4 is 20.1 Å². The van der Waals surface area contributed by atoms with Crippen LogP contribution in [0.4, 0.5) is 5.69 Å². The number of ether oxygens (including phenoxy) is 2. The van der Waals surface area contributed by atoms with E-state index in [0.29, 0.717) is 19.5 Å². The fourth-order valence-corrected chi connectivity index (χ4v) is 3.11.